The van der Waals surface area contributed by atoms with Crippen molar-refractivity contribution in [1.29, 1.82) is 0 Å². The first kappa shape index (κ1) is 10.8. The van der Waals surface area contributed by atoms with Crippen LogP contribution in [0.4, 0.5) is 0 Å². The molecule has 1 rings (SSSR count). The Kier molecular flexibility index (Phi) is 5.15. The Morgan fingerprint density at radius 1 is 1.15 bits per heavy atom. The third kappa shape index (κ3) is 3.52. The van der Waals surface area contributed by atoms with E-state index in [1.165, 1.54) is 46.9 Å². The summed E-state index contributed by atoms with van der Waals surface area (Å²) in [7, 11) is 1.35. The van der Waals surface area contributed by atoms with Gasteiger partial charge in [-0.3, -0.25) is 0 Å². The number of rotatable bonds is 6. The smallest absolute Gasteiger partial charge is 0.0142 e. The van der Waals surface area contributed by atoms with Gasteiger partial charge >= 0.3 is 0 Å². The Morgan fingerprint density at radius 2 is 1.85 bits per heavy atom. The minimum absolute atomic E-state index is 1.27. The van der Waals surface area contributed by atoms with E-state index in [4.69, 9.17) is 0 Å². The van der Waals surface area contributed by atoms with Crippen molar-refractivity contribution >= 4 is 8.35 Å². The van der Waals surface area contributed by atoms with Gasteiger partial charge in [0.2, 0.25) is 0 Å². The van der Waals surface area contributed by atoms with E-state index in [1.54, 1.807) is 10.9 Å². The highest BCUT2D eigenvalue weighted by molar-refractivity contribution is 7.26. The molecule has 74 valence electrons. The summed E-state index contributed by atoms with van der Waals surface area (Å²) in [5.41, 5.74) is 1.58. The third-order valence-corrected chi connectivity index (χ3v) is 3.41. The second-order valence-corrected chi connectivity index (χ2v) is 4.59. The normalized spacial score (nSPS) is 11.2. The fraction of sp³-hybridized carbons (Fsp3) is 0.727. The summed E-state index contributed by atoms with van der Waals surface area (Å²) in [4.78, 5) is 0. The Balaban J connectivity index is 2.45. The van der Waals surface area contributed by atoms with Crippen LogP contribution in [0.3, 0.4) is 0 Å². The molecule has 0 saturated carbocycles. The van der Waals surface area contributed by atoms with E-state index in [0.29, 0.717) is 0 Å². The minimum atomic E-state index is 1.27. The van der Waals surface area contributed by atoms with Crippen LogP contribution < -0.4 is 0 Å². The van der Waals surface area contributed by atoms with Gasteiger partial charge in [0.05, 0.1) is 0 Å². The third-order valence-electron chi connectivity index (χ3n) is 2.38. The number of hydrogen-bond donors (Lipinski definition) is 1. The Labute approximate surface area is 83.1 Å². The van der Waals surface area contributed by atoms with E-state index < -0.39 is 0 Å². The minimum Gasteiger partial charge on any atom is -0.344 e. The maximum Gasteiger partial charge on any atom is 0.0142 e. The van der Waals surface area contributed by atoms with Gasteiger partial charge in [-0.2, -0.15) is 0 Å². The second kappa shape index (κ2) is 6.21. The van der Waals surface area contributed by atoms with Crippen LogP contribution in [0.25, 0.3) is 0 Å². The molecule has 1 aromatic heterocycles. The highest BCUT2D eigenvalue weighted by Crippen LogP contribution is 2.22. The summed E-state index contributed by atoms with van der Waals surface area (Å²) in [6, 6.07) is 0. The molecule has 1 heterocycles. The Hall–Kier alpha value is -0.290. The lowest BCUT2D eigenvalue weighted by atomic mass is 10.1. The van der Waals surface area contributed by atoms with Crippen molar-refractivity contribution in [3.05, 3.63) is 17.1 Å². The molecular formula is C11H20NP. The number of aromatic nitrogens is 1. The lowest BCUT2D eigenvalue weighted by Gasteiger charge is -2.00. The molecule has 0 amide bonds. The maximum atomic E-state index is 3.31. The number of H-pyrrole nitrogens is 1. The van der Waals surface area contributed by atoms with Crippen LogP contribution in [0.5, 0.6) is 0 Å². The molecule has 0 saturated heterocycles. The topological polar surface area (TPSA) is 15.8 Å². The van der Waals surface area contributed by atoms with Gasteiger partial charge in [0.1, 0.15) is 0 Å². The van der Waals surface area contributed by atoms with Gasteiger partial charge in [0, 0.05) is 19.8 Å². The quantitative estimate of drug-likeness (QED) is 0.700. The number of unbranched alkanes of at least 4 members (excludes halogenated alkanes) is 2. The van der Waals surface area contributed by atoms with Crippen molar-refractivity contribution in [3.63, 3.8) is 0 Å². The molecule has 2 heteroatoms. The van der Waals surface area contributed by atoms with E-state index in [1.807, 2.05) is 0 Å². The van der Waals surface area contributed by atoms with Gasteiger partial charge in [0.15, 0.2) is 0 Å². The van der Waals surface area contributed by atoms with Crippen LogP contribution in [-0.4, -0.2) is 4.75 Å². The molecule has 0 fully saturated rings. The first-order valence-electron chi connectivity index (χ1n) is 5.40. The molecule has 13 heavy (non-hydrogen) atoms. The van der Waals surface area contributed by atoms with E-state index in [0.717, 1.165) is 0 Å². The van der Waals surface area contributed by atoms with Crippen molar-refractivity contribution in [3.8, 4) is 0 Å². The lowest BCUT2D eigenvalue weighted by molar-refractivity contribution is 0.767. The SMILES string of the molecule is CCCCc1c[nH]pc1CCCC. The predicted octanol–water partition coefficient (Wildman–Crippen LogP) is 4.28. The highest BCUT2D eigenvalue weighted by Gasteiger charge is 2.02. The second-order valence-electron chi connectivity index (χ2n) is 3.56. The van der Waals surface area contributed by atoms with Crippen LogP contribution in [0.2, 0.25) is 0 Å². The van der Waals surface area contributed by atoms with Gasteiger partial charge in [-0.25, -0.2) is 0 Å². The van der Waals surface area contributed by atoms with E-state index in [-0.39, 0.29) is 0 Å². The Morgan fingerprint density at radius 3 is 2.54 bits per heavy atom. The van der Waals surface area contributed by atoms with E-state index in [2.05, 4.69) is 24.8 Å². The molecule has 0 bridgehead atoms. The summed E-state index contributed by atoms with van der Waals surface area (Å²) >= 11 is 0. The van der Waals surface area contributed by atoms with Crippen molar-refractivity contribution < 1.29 is 0 Å². The fourth-order valence-electron chi connectivity index (χ4n) is 1.49. The first-order chi connectivity index (χ1) is 6.38. The van der Waals surface area contributed by atoms with E-state index >= 15 is 0 Å². The molecule has 1 N–H and O–H groups in total. The van der Waals surface area contributed by atoms with Gasteiger partial charge in [-0.05, 0) is 31.2 Å². The number of aryl methyl sites for hydroxylation is 2. The molecule has 0 aliphatic heterocycles. The predicted molar refractivity (Wildman–Crippen MR) is 60.5 cm³/mol. The zero-order valence-electron chi connectivity index (χ0n) is 8.77. The zero-order valence-corrected chi connectivity index (χ0v) is 9.66. The van der Waals surface area contributed by atoms with Gasteiger partial charge in [0.25, 0.3) is 0 Å². The molecule has 1 aromatic rings. The summed E-state index contributed by atoms with van der Waals surface area (Å²) in [6.07, 6.45) is 10.1. The van der Waals surface area contributed by atoms with Crippen LogP contribution in [0.1, 0.15) is 50.4 Å². The molecule has 0 atom stereocenters. The molecule has 0 aromatic carbocycles. The molecule has 0 unspecified atom stereocenters. The molecule has 0 spiro atoms. The molecule has 0 radical (unpaired) electrons. The summed E-state index contributed by atoms with van der Waals surface area (Å²) in [5, 5.41) is 1.63. The number of aromatic amines is 1. The summed E-state index contributed by atoms with van der Waals surface area (Å²) in [6.45, 7) is 4.52. The van der Waals surface area contributed by atoms with Crippen LogP contribution in [-0.2, 0) is 12.8 Å². The van der Waals surface area contributed by atoms with Crippen LogP contribution >= 0.6 is 8.35 Å². The van der Waals surface area contributed by atoms with Crippen LogP contribution in [0, 0.1) is 0 Å². The Bertz CT molecular complexity index is 207. The fourth-order valence-corrected chi connectivity index (χ4v) is 2.45. The standard InChI is InChI=1S/C11H20NP/c1-3-5-7-10-9-12-13-11(10)8-6-4-2/h9,12H,3-8H2,1-2H3. The van der Waals surface area contributed by atoms with Crippen molar-refractivity contribution in [2.24, 2.45) is 0 Å². The maximum absolute atomic E-state index is 3.31. The molecule has 0 aliphatic carbocycles. The van der Waals surface area contributed by atoms with Gasteiger partial charge in [-0.1, -0.05) is 26.7 Å². The van der Waals surface area contributed by atoms with Gasteiger partial charge < -0.3 is 4.75 Å². The summed E-state index contributed by atoms with van der Waals surface area (Å²) < 4.78 is 3.31. The largest absolute Gasteiger partial charge is 0.344 e. The number of hydrogen-bond acceptors (Lipinski definition) is 0. The highest BCUT2D eigenvalue weighted by atomic mass is 31.0. The van der Waals surface area contributed by atoms with E-state index in [9.17, 15) is 0 Å². The molecular weight excluding hydrogens is 177 g/mol. The van der Waals surface area contributed by atoms with Crippen molar-refractivity contribution in [2.45, 2.75) is 52.4 Å². The molecule has 0 aliphatic rings. The molecule has 1 nitrogen and oxygen atoms in total. The average molecular weight is 197 g/mol. The average Bonchev–Trinajstić information content (AvgIpc) is 2.59. The zero-order chi connectivity index (χ0) is 9.52. The van der Waals surface area contributed by atoms with Crippen molar-refractivity contribution in [1.82, 2.24) is 4.75 Å². The first-order valence-corrected chi connectivity index (χ1v) is 6.29. The summed E-state index contributed by atoms with van der Waals surface area (Å²) in [5.74, 6) is 0. The van der Waals surface area contributed by atoms with Crippen LogP contribution in [0.15, 0.2) is 6.20 Å². The van der Waals surface area contributed by atoms with Crippen molar-refractivity contribution in [2.75, 3.05) is 0 Å². The monoisotopic (exact) mass is 197 g/mol. The lowest BCUT2D eigenvalue weighted by Crippen LogP contribution is -1.88. The number of nitrogens with one attached hydrogen (secondary N) is 1. The van der Waals surface area contributed by atoms with Gasteiger partial charge in [-0.15, -0.1) is 0 Å².